The third-order valence-corrected chi connectivity index (χ3v) is 2.90. The molecule has 0 amide bonds. The lowest BCUT2D eigenvalue weighted by molar-refractivity contribution is -0.140. The van der Waals surface area contributed by atoms with Gasteiger partial charge in [-0.15, -0.1) is 0 Å². The fourth-order valence-electron chi connectivity index (χ4n) is 1.88. The lowest BCUT2D eigenvalue weighted by atomic mass is 10.0. The van der Waals surface area contributed by atoms with Crippen LogP contribution in [0, 0.1) is 6.92 Å². The predicted octanol–water partition coefficient (Wildman–Crippen LogP) is 1.83. The Hall–Kier alpha value is -1.55. The number of rotatable bonds is 6. The molecule has 0 aromatic heterocycles. The fourth-order valence-corrected chi connectivity index (χ4v) is 1.88. The third-order valence-electron chi connectivity index (χ3n) is 2.90. The van der Waals surface area contributed by atoms with E-state index < -0.39 is 0 Å². The van der Waals surface area contributed by atoms with Gasteiger partial charge in [0, 0.05) is 12.5 Å². The first-order valence-electron chi connectivity index (χ1n) is 6.02. The summed E-state index contributed by atoms with van der Waals surface area (Å²) in [5.74, 6) is 0.665. The maximum atomic E-state index is 11.0. The van der Waals surface area contributed by atoms with Crippen molar-refractivity contribution in [3.63, 3.8) is 0 Å². The van der Waals surface area contributed by atoms with Gasteiger partial charge in [-0.1, -0.05) is 12.1 Å². The van der Waals surface area contributed by atoms with Gasteiger partial charge < -0.3 is 15.2 Å². The van der Waals surface area contributed by atoms with Gasteiger partial charge in [-0.25, -0.2) is 0 Å². The summed E-state index contributed by atoms with van der Waals surface area (Å²) < 4.78 is 9.80. The Labute approximate surface area is 108 Å². The number of nitrogens with two attached hydrogens (primary N) is 1. The van der Waals surface area contributed by atoms with E-state index in [0.717, 1.165) is 23.3 Å². The van der Waals surface area contributed by atoms with Crippen LogP contribution in [-0.2, 0) is 16.0 Å². The zero-order valence-electron chi connectivity index (χ0n) is 11.2. The number of benzene rings is 1. The van der Waals surface area contributed by atoms with Crippen molar-refractivity contribution in [1.82, 2.24) is 0 Å². The van der Waals surface area contributed by atoms with Gasteiger partial charge in [-0.3, -0.25) is 4.79 Å². The maximum absolute atomic E-state index is 11.0. The lowest BCUT2D eigenvalue weighted by Gasteiger charge is -2.12. The van der Waals surface area contributed by atoms with E-state index in [2.05, 4.69) is 10.8 Å². The molecule has 0 saturated heterocycles. The summed E-state index contributed by atoms with van der Waals surface area (Å²) in [5, 5.41) is 0. The van der Waals surface area contributed by atoms with E-state index in [1.165, 1.54) is 7.11 Å². The summed E-state index contributed by atoms with van der Waals surface area (Å²) in [7, 11) is 3.05. The highest BCUT2D eigenvalue weighted by molar-refractivity contribution is 5.69. The highest BCUT2D eigenvalue weighted by Gasteiger charge is 2.09. The van der Waals surface area contributed by atoms with Gasteiger partial charge in [0.05, 0.1) is 14.2 Å². The second-order valence-corrected chi connectivity index (χ2v) is 4.38. The number of aryl methyl sites for hydroxylation is 1. The molecule has 1 atom stereocenters. The maximum Gasteiger partial charge on any atom is 0.305 e. The third kappa shape index (κ3) is 4.37. The molecule has 0 radical (unpaired) electrons. The van der Waals surface area contributed by atoms with E-state index in [4.69, 9.17) is 10.5 Å². The van der Waals surface area contributed by atoms with Crippen molar-refractivity contribution < 1.29 is 14.3 Å². The van der Waals surface area contributed by atoms with Gasteiger partial charge in [0.2, 0.25) is 0 Å². The number of esters is 1. The molecule has 1 unspecified atom stereocenters. The van der Waals surface area contributed by atoms with Gasteiger partial charge >= 0.3 is 5.97 Å². The Balaban J connectivity index is 2.51. The average Bonchev–Trinajstić information content (AvgIpc) is 2.36. The molecule has 0 spiro atoms. The molecule has 1 aromatic rings. The van der Waals surface area contributed by atoms with Crippen molar-refractivity contribution in [3.8, 4) is 5.75 Å². The molecule has 18 heavy (non-hydrogen) atoms. The Bertz CT molecular complexity index is 404. The van der Waals surface area contributed by atoms with Crippen molar-refractivity contribution in [1.29, 1.82) is 0 Å². The van der Waals surface area contributed by atoms with Gasteiger partial charge in [-0.2, -0.15) is 0 Å². The molecule has 0 aliphatic carbocycles. The van der Waals surface area contributed by atoms with E-state index in [1.807, 2.05) is 19.1 Å². The number of ether oxygens (including phenoxy) is 2. The number of hydrogen-bond donors (Lipinski definition) is 1. The SMILES string of the molecule is COC(=O)CCC(N)Cc1ccc(OC)c(C)c1. The van der Waals surface area contributed by atoms with Crippen LogP contribution in [0.1, 0.15) is 24.0 Å². The summed E-state index contributed by atoms with van der Waals surface area (Å²) >= 11 is 0. The van der Waals surface area contributed by atoms with E-state index in [9.17, 15) is 4.79 Å². The number of carbonyl (C=O) groups excluding carboxylic acids is 1. The van der Waals surface area contributed by atoms with Crippen molar-refractivity contribution >= 4 is 5.97 Å². The van der Waals surface area contributed by atoms with Crippen molar-refractivity contribution in [3.05, 3.63) is 29.3 Å². The highest BCUT2D eigenvalue weighted by atomic mass is 16.5. The Morgan fingerprint density at radius 3 is 2.67 bits per heavy atom. The molecule has 1 aromatic carbocycles. The minimum atomic E-state index is -0.212. The molecule has 2 N–H and O–H groups in total. The first-order valence-corrected chi connectivity index (χ1v) is 6.02. The molecule has 0 saturated carbocycles. The first kappa shape index (κ1) is 14.5. The average molecular weight is 251 g/mol. The van der Waals surface area contributed by atoms with Crippen LogP contribution in [0.2, 0.25) is 0 Å². The summed E-state index contributed by atoms with van der Waals surface area (Å²) in [6.07, 6.45) is 1.76. The molecule has 4 heteroatoms. The highest BCUT2D eigenvalue weighted by Crippen LogP contribution is 2.19. The van der Waals surface area contributed by atoms with Crippen LogP contribution < -0.4 is 10.5 Å². The van der Waals surface area contributed by atoms with Gasteiger partial charge in [0.1, 0.15) is 5.75 Å². The molecule has 0 heterocycles. The second-order valence-electron chi connectivity index (χ2n) is 4.38. The standard InChI is InChI=1S/C14H21NO3/c1-10-8-11(4-6-13(10)17-2)9-12(15)5-7-14(16)18-3/h4,6,8,12H,5,7,9,15H2,1-3H3. The smallest absolute Gasteiger partial charge is 0.305 e. The van der Waals surface area contributed by atoms with Crippen LogP contribution in [0.25, 0.3) is 0 Å². The molecule has 1 rings (SSSR count). The van der Waals surface area contributed by atoms with E-state index in [-0.39, 0.29) is 12.0 Å². The molecular formula is C14H21NO3. The predicted molar refractivity (Wildman–Crippen MR) is 70.7 cm³/mol. The molecular weight excluding hydrogens is 230 g/mol. The normalized spacial score (nSPS) is 12.0. The Kier molecular flexibility index (Phi) is 5.65. The van der Waals surface area contributed by atoms with Crippen LogP contribution in [0.3, 0.4) is 0 Å². The molecule has 0 aliphatic heterocycles. The zero-order valence-corrected chi connectivity index (χ0v) is 11.2. The molecule has 100 valence electrons. The largest absolute Gasteiger partial charge is 0.496 e. The van der Waals surface area contributed by atoms with Crippen LogP contribution in [0.5, 0.6) is 5.75 Å². The van der Waals surface area contributed by atoms with Gasteiger partial charge in [0.25, 0.3) is 0 Å². The van der Waals surface area contributed by atoms with E-state index in [0.29, 0.717) is 12.8 Å². The Morgan fingerprint density at radius 1 is 1.39 bits per heavy atom. The zero-order chi connectivity index (χ0) is 13.5. The van der Waals surface area contributed by atoms with E-state index >= 15 is 0 Å². The molecule has 0 bridgehead atoms. The van der Waals surface area contributed by atoms with Crippen molar-refractivity contribution in [2.24, 2.45) is 5.73 Å². The summed E-state index contributed by atoms with van der Waals surface area (Å²) in [4.78, 5) is 11.0. The molecule has 4 nitrogen and oxygen atoms in total. The summed E-state index contributed by atoms with van der Waals surface area (Å²) in [6, 6.07) is 5.98. The van der Waals surface area contributed by atoms with E-state index in [1.54, 1.807) is 7.11 Å². The monoisotopic (exact) mass is 251 g/mol. The summed E-state index contributed by atoms with van der Waals surface area (Å²) in [5.41, 5.74) is 8.24. The first-order chi connectivity index (χ1) is 8.56. The van der Waals surface area contributed by atoms with Crippen LogP contribution in [0.15, 0.2) is 18.2 Å². The van der Waals surface area contributed by atoms with Crippen LogP contribution in [0.4, 0.5) is 0 Å². The minimum absolute atomic E-state index is 0.0307. The topological polar surface area (TPSA) is 61.5 Å². The fraction of sp³-hybridized carbons (Fsp3) is 0.500. The second kappa shape index (κ2) is 7.01. The van der Waals surface area contributed by atoms with Crippen LogP contribution >= 0.6 is 0 Å². The summed E-state index contributed by atoms with van der Waals surface area (Å²) in [6.45, 7) is 2.00. The number of methoxy groups -OCH3 is 2. The molecule has 0 fully saturated rings. The van der Waals surface area contributed by atoms with Crippen molar-refractivity contribution in [2.45, 2.75) is 32.2 Å². The minimum Gasteiger partial charge on any atom is -0.496 e. The van der Waals surface area contributed by atoms with Crippen molar-refractivity contribution in [2.75, 3.05) is 14.2 Å². The number of carbonyl (C=O) groups is 1. The number of hydrogen-bond acceptors (Lipinski definition) is 4. The quantitative estimate of drug-likeness (QED) is 0.783. The van der Waals surface area contributed by atoms with Gasteiger partial charge in [0.15, 0.2) is 0 Å². The molecule has 0 aliphatic rings. The Morgan fingerprint density at radius 2 is 2.11 bits per heavy atom. The van der Waals surface area contributed by atoms with Crippen LogP contribution in [-0.4, -0.2) is 26.2 Å². The lowest BCUT2D eigenvalue weighted by Crippen LogP contribution is -2.24. The van der Waals surface area contributed by atoms with Gasteiger partial charge in [-0.05, 0) is 37.0 Å².